The molecule has 1 unspecified atom stereocenters. The number of carboxylic acids is 1. The van der Waals surface area contributed by atoms with Crippen molar-refractivity contribution in [1.82, 2.24) is 15.5 Å². The van der Waals surface area contributed by atoms with Gasteiger partial charge in [0.15, 0.2) is 11.8 Å². The van der Waals surface area contributed by atoms with E-state index in [9.17, 15) is 24.3 Å². The molecule has 2 aromatic rings. The first-order valence-corrected chi connectivity index (χ1v) is 10.5. The number of allylic oxidation sites excluding steroid dienone is 1. The molecular formula is C25H27N3O5. The lowest BCUT2D eigenvalue weighted by molar-refractivity contribution is -0.138. The molecule has 0 saturated heterocycles. The number of aryl methyl sites for hydroxylation is 2. The maximum absolute atomic E-state index is 12.7. The monoisotopic (exact) mass is 449 g/mol. The largest absolute Gasteiger partial charge is 0.481 e. The first-order chi connectivity index (χ1) is 15.6. The maximum atomic E-state index is 12.7. The predicted molar refractivity (Wildman–Crippen MR) is 123 cm³/mol. The second-order valence-corrected chi connectivity index (χ2v) is 8.18. The van der Waals surface area contributed by atoms with Gasteiger partial charge >= 0.3 is 12.0 Å². The van der Waals surface area contributed by atoms with Crippen LogP contribution >= 0.6 is 0 Å². The van der Waals surface area contributed by atoms with Crippen LogP contribution in [0.5, 0.6) is 0 Å². The smallest absolute Gasteiger partial charge is 0.316 e. The Balaban J connectivity index is 1.85. The van der Waals surface area contributed by atoms with Gasteiger partial charge < -0.3 is 20.6 Å². The Bertz CT molecular complexity index is 1130. The van der Waals surface area contributed by atoms with Crippen LogP contribution < -0.4 is 10.6 Å². The van der Waals surface area contributed by atoms with Crippen molar-refractivity contribution in [2.75, 3.05) is 7.05 Å². The lowest BCUT2D eigenvalue weighted by Crippen LogP contribution is -2.56. The number of ketones is 1. The van der Waals surface area contributed by atoms with Gasteiger partial charge in [0.2, 0.25) is 0 Å². The quantitative estimate of drug-likeness (QED) is 0.586. The number of carboxylic acid groups (broad SMARTS) is 1. The van der Waals surface area contributed by atoms with Crippen LogP contribution in [0.25, 0.3) is 11.1 Å². The van der Waals surface area contributed by atoms with E-state index in [1.54, 1.807) is 13.0 Å². The number of aliphatic carboxylic acids is 1. The van der Waals surface area contributed by atoms with Crippen molar-refractivity contribution in [3.63, 3.8) is 0 Å². The summed E-state index contributed by atoms with van der Waals surface area (Å²) < 4.78 is 0. The van der Waals surface area contributed by atoms with Crippen molar-refractivity contribution in [2.24, 2.45) is 0 Å². The number of likely N-dealkylation sites (N-methyl/N-ethyl adjacent to an activating group) is 1. The molecule has 3 rings (SSSR count). The number of amides is 3. The summed E-state index contributed by atoms with van der Waals surface area (Å²) in [4.78, 5) is 50.1. The van der Waals surface area contributed by atoms with E-state index >= 15 is 0 Å². The number of benzene rings is 2. The average molecular weight is 450 g/mol. The molecule has 1 aliphatic heterocycles. The summed E-state index contributed by atoms with van der Waals surface area (Å²) in [5, 5.41) is 14.4. The molecule has 0 radical (unpaired) electrons. The van der Waals surface area contributed by atoms with E-state index in [0.717, 1.165) is 22.3 Å². The number of hydrogen-bond donors (Lipinski definition) is 3. The summed E-state index contributed by atoms with van der Waals surface area (Å²) in [5.41, 5.74) is 5.18. The van der Waals surface area contributed by atoms with Gasteiger partial charge in [0.25, 0.3) is 5.91 Å². The molecule has 1 heterocycles. The fourth-order valence-corrected chi connectivity index (χ4v) is 3.95. The number of nitrogens with one attached hydrogen (secondary N) is 2. The third-order valence-corrected chi connectivity index (χ3v) is 5.76. The first kappa shape index (κ1) is 23.7. The van der Waals surface area contributed by atoms with Crippen LogP contribution in [-0.4, -0.2) is 46.8 Å². The van der Waals surface area contributed by atoms with Crippen molar-refractivity contribution in [3.8, 4) is 11.1 Å². The Morgan fingerprint density at radius 2 is 1.70 bits per heavy atom. The lowest BCUT2D eigenvalue weighted by Gasteiger charge is -2.28. The summed E-state index contributed by atoms with van der Waals surface area (Å²) in [7, 11) is 1.51. The van der Waals surface area contributed by atoms with E-state index in [4.69, 9.17) is 0 Å². The fraction of sp³-hybridized carbons (Fsp3) is 0.280. The molecule has 0 saturated carbocycles. The number of hydrogen-bond acceptors (Lipinski definition) is 4. The van der Waals surface area contributed by atoms with Crippen molar-refractivity contribution < 1.29 is 24.3 Å². The molecule has 1 aliphatic rings. The first-order valence-electron chi connectivity index (χ1n) is 10.5. The molecule has 0 spiro atoms. The Hall–Kier alpha value is -3.94. The van der Waals surface area contributed by atoms with Gasteiger partial charge in [-0.25, -0.2) is 4.79 Å². The standard InChI is InChI=1S/C25H27N3O5/c1-14-7-5-8-15(2)22(14)18-10-6-9-17(12-18)19(13-21(30)31)26-25(33)27-23-20(29)11-16(3)28(4)24(23)32/h5-12,19,23H,13H2,1-4H3,(H,30,31)(H2,26,27,33)/t19-,23?/m0/s1. The van der Waals surface area contributed by atoms with Crippen LogP contribution in [0.2, 0.25) is 0 Å². The molecule has 8 nitrogen and oxygen atoms in total. The Morgan fingerprint density at radius 3 is 2.33 bits per heavy atom. The number of carbonyl (C=O) groups excluding carboxylic acids is 3. The highest BCUT2D eigenvalue weighted by molar-refractivity contribution is 6.14. The van der Waals surface area contributed by atoms with Gasteiger partial charge in [-0.15, -0.1) is 0 Å². The highest BCUT2D eigenvalue weighted by atomic mass is 16.4. The molecule has 3 N–H and O–H groups in total. The summed E-state index contributed by atoms with van der Waals surface area (Å²) in [6.45, 7) is 5.62. The van der Waals surface area contributed by atoms with Gasteiger partial charge in [0.1, 0.15) is 0 Å². The summed E-state index contributed by atoms with van der Waals surface area (Å²) in [6.07, 6.45) is 0.921. The Kier molecular flexibility index (Phi) is 6.96. The van der Waals surface area contributed by atoms with E-state index in [0.29, 0.717) is 11.3 Å². The molecule has 2 atom stereocenters. The van der Waals surface area contributed by atoms with Crippen LogP contribution in [0, 0.1) is 13.8 Å². The summed E-state index contributed by atoms with van der Waals surface area (Å²) in [6, 6.07) is 10.3. The molecule has 0 fully saturated rings. The number of urea groups is 1. The second-order valence-electron chi connectivity index (χ2n) is 8.18. The van der Waals surface area contributed by atoms with Gasteiger partial charge in [-0.1, -0.05) is 36.4 Å². The van der Waals surface area contributed by atoms with Gasteiger partial charge in [-0.3, -0.25) is 14.4 Å². The van der Waals surface area contributed by atoms with Crippen LogP contribution in [0.1, 0.15) is 36.1 Å². The van der Waals surface area contributed by atoms with Crippen LogP contribution in [0.4, 0.5) is 4.79 Å². The van der Waals surface area contributed by atoms with Crippen LogP contribution in [0.15, 0.2) is 54.2 Å². The zero-order chi connectivity index (χ0) is 24.3. The van der Waals surface area contributed by atoms with Crippen LogP contribution in [-0.2, 0) is 14.4 Å². The van der Waals surface area contributed by atoms with Gasteiger partial charge in [0, 0.05) is 18.8 Å². The number of rotatable bonds is 6. The van der Waals surface area contributed by atoms with E-state index < -0.39 is 35.8 Å². The highest BCUT2D eigenvalue weighted by Crippen LogP contribution is 2.30. The fourth-order valence-electron chi connectivity index (χ4n) is 3.95. The molecule has 33 heavy (non-hydrogen) atoms. The summed E-state index contributed by atoms with van der Waals surface area (Å²) in [5.74, 6) is -2.18. The number of carbonyl (C=O) groups is 4. The highest BCUT2D eigenvalue weighted by Gasteiger charge is 2.34. The van der Waals surface area contributed by atoms with Gasteiger partial charge in [0.05, 0.1) is 12.5 Å². The Labute approximate surface area is 192 Å². The second kappa shape index (κ2) is 9.68. The minimum absolute atomic E-state index is 0.366. The van der Waals surface area contributed by atoms with Gasteiger partial charge in [-0.2, -0.15) is 0 Å². The zero-order valence-electron chi connectivity index (χ0n) is 19.0. The molecular weight excluding hydrogens is 422 g/mol. The molecule has 2 aromatic carbocycles. The minimum Gasteiger partial charge on any atom is -0.481 e. The van der Waals surface area contributed by atoms with E-state index in [1.165, 1.54) is 18.0 Å². The molecule has 172 valence electrons. The molecule has 3 amide bonds. The van der Waals surface area contributed by atoms with Crippen molar-refractivity contribution in [1.29, 1.82) is 0 Å². The zero-order valence-corrected chi connectivity index (χ0v) is 19.0. The third kappa shape index (κ3) is 5.28. The van der Waals surface area contributed by atoms with E-state index in [2.05, 4.69) is 10.6 Å². The van der Waals surface area contributed by atoms with Crippen molar-refractivity contribution in [3.05, 3.63) is 70.9 Å². The summed E-state index contributed by atoms with van der Waals surface area (Å²) >= 11 is 0. The molecule has 0 aliphatic carbocycles. The van der Waals surface area contributed by atoms with E-state index in [1.807, 2.05) is 50.2 Å². The molecule has 0 aromatic heterocycles. The molecule has 0 bridgehead atoms. The molecule has 8 heteroatoms. The SMILES string of the molecule is CC1=CC(=O)C(NC(=O)N[C@@H](CC(=O)O)c2cccc(-c3c(C)cccc3C)c2)C(=O)N1C. The normalized spacial score (nSPS) is 16.8. The number of nitrogens with zero attached hydrogens (tertiary/aromatic N) is 1. The topological polar surface area (TPSA) is 116 Å². The van der Waals surface area contributed by atoms with Gasteiger partial charge in [-0.05, 0) is 54.7 Å². The predicted octanol–water partition coefficient (Wildman–Crippen LogP) is 3.10. The van der Waals surface area contributed by atoms with Crippen molar-refractivity contribution >= 4 is 23.7 Å². The third-order valence-electron chi connectivity index (χ3n) is 5.76. The van der Waals surface area contributed by atoms with Crippen molar-refractivity contribution in [2.45, 2.75) is 39.3 Å². The minimum atomic E-state index is -1.36. The Morgan fingerprint density at radius 1 is 1.06 bits per heavy atom. The van der Waals surface area contributed by atoms with Crippen LogP contribution in [0.3, 0.4) is 0 Å². The van der Waals surface area contributed by atoms with E-state index in [-0.39, 0.29) is 6.42 Å². The maximum Gasteiger partial charge on any atom is 0.316 e. The lowest BCUT2D eigenvalue weighted by atomic mass is 9.93. The average Bonchev–Trinajstić information content (AvgIpc) is 2.74.